The molecule has 1 aromatic heterocycles. The van der Waals surface area contributed by atoms with Gasteiger partial charge in [-0.25, -0.2) is 13.4 Å². The Balaban J connectivity index is 1.76. The van der Waals surface area contributed by atoms with Crippen LogP contribution < -0.4 is 5.56 Å². The van der Waals surface area contributed by atoms with E-state index in [2.05, 4.69) is 21.4 Å². The fourth-order valence-electron chi connectivity index (χ4n) is 3.44. The summed E-state index contributed by atoms with van der Waals surface area (Å²) in [5.41, 5.74) is 0.798. The van der Waals surface area contributed by atoms with Crippen LogP contribution in [0.5, 0.6) is 0 Å². The van der Waals surface area contributed by atoms with E-state index in [1.165, 1.54) is 10.4 Å². The molecule has 1 N–H and O–H groups in total. The number of H-pyrrole nitrogens is 1. The standard InChI is InChI=1S/C21H26N4O3S/c1-4-9-19-18(5-2)21(26)23-20(22-19)16(3)24-12-14-25(15-13-24)29(27,28)17-10-7-6-8-11-17/h4-11,16H,2,12-15H2,1,3H3,(H,22,23,26)/b9-4+. The minimum absolute atomic E-state index is 0.146. The Hall–Kier alpha value is -2.55. The Morgan fingerprint density at radius 1 is 1.17 bits per heavy atom. The average Bonchev–Trinajstić information content (AvgIpc) is 2.74. The summed E-state index contributed by atoms with van der Waals surface area (Å²) in [6.45, 7) is 9.40. The van der Waals surface area contributed by atoms with Crippen molar-refractivity contribution in [1.29, 1.82) is 0 Å². The normalized spacial score (nSPS) is 17.4. The summed E-state index contributed by atoms with van der Waals surface area (Å²) < 4.78 is 27.1. The van der Waals surface area contributed by atoms with Gasteiger partial charge < -0.3 is 4.98 Å². The third kappa shape index (κ3) is 4.39. The van der Waals surface area contributed by atoms with Gasteiger partial charge in [0.1, 0.15) is 5.82 Å². The van der Waals surface area contributed by atoms with Gasteiger partial charge in [-0.3, -0.25) is 9.69 Å². The molecular weight excluding hydrogens is 388 g/mol. The van der Waals surface area contributed by atoms with Crippen LogP contribution in [0.25, 0.3) is 12.2 Å². The van der Waals surface area contributed by atoms with Crippen LogP contribution in [0.15, 0.2) is 52.7 Å². The van der Waals surface area contributed by atoms with Gasteiger partial charge in [-0.2, -0.15) is 4.31 Å². The number of benzene rings is 1. The summed E-state index contributed by atoms with van der Waals surface area (Å²) >= 11 is 0. The highest BCUT2D eigenvalue weighted by molar-refractivity contribution is 7.89. The SMILES string of the molecule is C=Cc1c(/C=C/C)nc(C(C)N2CCN(S(=O)(=O)c3ccccc3)CC2)[nH]c1=O. The molecule has 0 aliphatic carbocycles. The smallest absolute Gasteiger partial charge is 0.258 e. The van der Waals surface area contributed by atoms with Crippen molar-refractivity contribution in [3.63, 3.8) is 0 Å². The second kappa shape index (κ2) is 8.86. The lowest BCUT2D eigenvalue weighted by Crippen LogP contribution is -2.49. The van der Waals surface area contributed by atoms with E-state index in [1.807, 2.05) is 19.9 Å². The molecule has 7 nitrogen and oxygen atoms in total. The van der Waals surface area contributed by atoms with Gasteiger partial charge >= 0.3 is 0 Å². The molecule has 154 valence electrons. The fourth-order valence-corrected chi connectivity index (χ4v) is 4.89. The molecule has 1 unspecified atom stereocenters. The molecule has 1 saturated heterocycles. The lowest BCUT2D eigenvalue weighted by atomic mass is 10.1. The number of hydrogen-bond acceptors (Lipinski definition) is 5. The van der Waals surface area contributed by atoms with Crippen LogP contribution in [0.3, 0.4) is 0 Å². The predicted octanol–water partition coefficient (Wildman–Crippen LogP) is 2.51. The summed E-state index contributed by atoms with van der Waals surface area (Å²) in [7, 11) is -3.49. The van der Waals surface area contributed by atoms with Crippen LogP contribution in [-0.4, -0.2) is 53.8 Å². The van der Waals surface area contributed by atoms with Gasteiger partial charge in [-0.1, -0.05) is 36.9 Å². The molecular formula is C21H26N4O3S. The molecule has 1 atom stereocenters. The van der Waals surface area contributed by atoms with Crippen molar-refractivity contribution in [3.05, 3.63) is 70.4 Å². The molecule has 0 spiro atoms. The van der Waals surface area contributed by atoms with Gasteiger partial charge in [0.25, 0.3) is 5.56 Å². The molecule has 1 fully saturated rings. The second-order valence-electron chi connectivity index (χ2n) is 6.88. The minimum atomic E-state index is -3.49. The van der Waals surface area contributed by atoms with Gasteiger partial charge in [0.2, 0.25) is 10.0 Å². The molecule has 0 amide bonds. The van der Waals surface area contributed by atoms with Crippen molar-refractivity contribution < 1.29 is 8.42 Å². The van der Waals surface area contributed by atoms with Gasteiger partial charge in [0.05, 0.1) is 22.2 Å². The van der Waals surface area contributed by atoms with Crippen molar-refractivity contribution >= 4 is 22.2 Å². The number of hydrogen-bond donors (Lipinski definition) is 1. The predicted molar refractivity (Wildman–Crippen MR) is 115 cm³/mol. The molecule has 1 aliphatic rings. The number of rotatable bonds is 6. The molecule has 8 heteroatoms. The summed E-state index contributed by atoms with van der Waals surface area (Å²) in [5.74, 6) is 0.563. The second-order valence-corrected chi connectivity index (χ2v) is 8.82. The molecule has 3 rings (SSSR count). The number of aromatic nitrogens is 2. The first-order valence-electron chi connectivity index (χ1n) is 9.57. The van der Waals surface area contributed by atoms with Crippen LogP contribution in [-0.2, 0) is 10.0 Å². The first-order valence-corrected chi connectivity index (χ1v) is 11.0. The van der Waals surface area contributed by atoms with Crippen molar-refractivity contribution in [2.45, 2.75) is 24.8 Å². The first-order chi connectivity index (χ1) is 13.9. The van der Waals surface area contributed by atoms with Gasteiger partial charge in [0.15, 0.2) is 0 Å². The van der Waals surface area contributed by atoms with Crippen molar-refractivity contribution in [1.82, 2.24) is 19.2 Å². The highest BCUT2D eigenvalue weighted by Gasteiger charge is 2.31. The molecule has 29 heavy (non-hydrogen) atoms. The van der Waals surface area contributed by atoms with E-state index in [1.54, 1.807) is 36.4 Å². The molecule has 1 aromatic carbocycles. The number of sulfonamides is 1. The third-order valence-corrected chi connectivity index (χ3v) is 7.04. The highest BCUT2D eigenvalue weighted by Crippen LogP contribution is 2.22. The summed E-state index contributed by atoms with van der Waals surface area (Å²) in [4.78, 5) is 22.3. The average molecular weight is 415 g/mol. The number of nitrogens with zero attached hydrogens (tertiary/aromatic N) is 3. The number of nitrogens with one attached hydrogen (secondary N) is 1. The van der Waals surface area contributed by atoms with Crippen molar-refractivity contribution in [2.24, 2.45) is 0 Å². The first kappa shape index (κ1) is 21.2. The maximum Gasteiger partial charge on any atom is 0.258 e. The van der Waals surface area contributed by atoms with E-state index in [-0.39, 0.29) is 11.6 Å². The van der Waals surface area contributed by atoms with E-state index < -0.39 is 10.0 Å². The topological polar surface area (TPSA) is 86.4 Å². The summed E-state index contributed by atoms with van der Waals surface area (Å²) in [5, 5.41) is 0. The zero-order valence-corrected chi connectivity index (χ0v) is 17.5. The largest absolute Gasteiger partial charge is 0.309 e. The minimum Gasteiger partial charge on any atom is -0.309 e. The van der Waals surface area contributed by atoms with Crippen LogP contribution in [0.4, 0.5) is 0 Å². The third-order valence-electron chi connectivity index (χ3n) is 5.13. The van der Waals surface area contributed by atoms with Gasteiger partial charge in [0, 0.05) is 26.2 Å². The molecule has 0 radical (unpaired) electrons. The zero-order chi connectivity index (χ0) is 21.0. The Labute approximate surface area is 171 Å². The van der Waals surface area contributed by atoms with E-state index in [0.29, 0.717) is 48.2 Å². The quantitative estimate of drug-likeness (QED) is 0.785. The maximum atomic E-state index is 12.8. The fraction of sp³-hybridized carbons (Fsp3) is 0.333. The molecule has 2 aromatic rings. The van der Waals surface area contributed by atoms with Crippen LogP contribution in [0.2, 0.25) is 0 Å². The Kier molecular flexibility index (Phi) is 6.46. The number of allylic oxidation sites excluding steroid dienone is 1. The lowest BCUT2D eigenvalue weighted by Gasteiger charge is -2.37. The van der Waals surface area contributed by atoms with E-state index in [9.17, 15) is 13.2 Å². The van der Waals surface area contributed by atoms with E-state index >= 15 is 0 Å². The zero-order valence-electron chi connectivity index (χ0n) is 16.7. The highest BCUT2D eigenvalue weighted by atomic mass is 32.2. The summed E-state index contributed by atoms with van der Waals surface area (Å²) in [6.07, 6.45) is 5.12. The van der Waals surface area contributed by atoms with Crippen molar-refractivity contribution in [2.75, 3.05) is 26.2 Å². The molecule has 2 heterocycles. The molecule has 0 bridgehead atoms. The Morgan fingerprint density at radius 2 is 1.83 bits per heavy atom. The maximum absolute atomic E-state index is 12.8. The van der Waals surface area contributed by atoms with Crippen LogP contribution >= 0.6 is 0 Å². The molecule has 0 saturated carbocycles. The number of aromatic amines is 1. The van der Waals surface area contributed by atoms with E-state index in [4.69, 9.17) is 0 Å². The van der Waals surface area contributed by atoms with Crippen LogP contribution in [0, 0.1) is 0 Å². The lowest BCUT2D eigenvalue weighted by molar-refractivity contribution is 0.141. The van der Waals surface area contributed by atoms with Gasteiger partial charge in [-0.05, 0) is 32.1 Å². The van der Waals surface area contributed by atoms with Crippen molar-refractivity contribution in [3.8, 4) is 0 Å². The molecule has 1 aliphatic heterocycles. The number of piperazine rings is 1. The Morgan fingerprint density at radius 3 is 2.41 bits per heavy atom. The monoisotopic (exact) mass is 414 g/mol. The summed E-state index contributed by atoms with van der Waals surface area (Å²) in [6, 6.07) is 8.33. The van der Waals surface area contributed by atoms with Gasteiger partial charge in [-0.15, -0.1) is 0 Å². The van der Waals surface area contributed by atoms with E-state index in [0.717, 1.165) is 0 Å². The van der Waals surface area contributed by atoms with Crippen LogP contribution in [0.1, 0.15) is 37.0 Å². The Bertz CT molecular complexity index is 1050.